The number of carbonyl (C=O) groups is 1. The summed E-state index contributed by atoms with van der Waals surface area (Å²) in [5.41, 5.74) is 0.193. The minimum atomic E-state index is -1.09. The molecule has 0 aliphatic heterocycles. The van der Waals surface area contributed by atoms with Gasteiger partial charge in [0.2, 0.25) is 0 Å². The van der Waals surface area contributed by atoms with E-state index in [4.69, 9.17) is 19.8 Å². The number of ether oxygens (including phenoxy) is 2. The fourth-order valence-electron chi connectivity index (χ4n) is 1.77. The lowest BCUT2D eigenvalue weighted by molar-refractivity contribution is 0.0697. The highest BCUT2D eigenvalue weighted by Gasteiger charge is 2.12. The Balaban J connectivity index is 2.36. The van der Waals surface area contributed by atoms with Gasteiger partial charge in [0, 0.05) is 0 Å². The number of hydrogen-bond donors (Lipinski definition) is 1. The Morgan fingerprint density at radius 2 is 1.90 bits per heavy atom. The Labute approximate surface area is 122 Å². The van der Waals surface area contributed by atoms with E-state index in [1.54, 1.807) is 18.2 Å². The largest absolute Gasteiger partial charge is 0.490 e. The summed E-state index contributed by atoms with van der Waals surface area (Å²) in [6.07, 6.45) is 0. The molecule has 106 valence electrons. The van der Waals surface area contributed by atoms with Gasteiger partial charge in [-0.05, 0) is 37.3 Å². The highest BCUT2D eigenvalue weighted by Crippen LogP contribution is 2.33. The molecule has 0 atom stereocenters. The molecule has 0 bridgehead atoms. The molecule has 0 saturated heterocycles. The molecule has 2 aromatic carbocycles. The molecule has 21 heavy (non-hydrogen) atoms. The van der Waals surface area contributed by atoms with E-state index in [0.717, 1.165) is 0 Å². The number of hydrogen-bond acceptors (Lipinski definition) is 4. The van der Waals surface area contributed by atoms with Crippen LogP contribution in [0.3, 0.4) is 0 Å². The van der Waals surface area contributed by atoms with Gasteiger partial charge in [-0.15, -0.1) is 0 Å². The third-order valence-electron chi connectivity index (χ3n) is 2.72. The molecule has 0 saturated carbocycles. The molecular weight excluding hydrogens is 270 g/mol. The number of rotatable bonds is 5. The van der Waals surface area contributed by atoms with Crippen LogP contribution in [0.1, 0.15) is 22.8 Å². The van der Waals surface area contributed by atoms with Crippen molar-refractivity contribution in [3.05, 3.63) is 53.6 Å². The smallest absolute Gasteiger partial charge is 0.335 e. The fraction of sp³-hybridized carbons (Fsp3) is 0.125. The molecular formula is C16H13NO4. The summed E-state index contributed by atoms with van der Waals surface area (Å²) in [5.74, 6) is 0.229. The Hall–Kier alpha value is -3.00. The predicted molar refractivity (Wildman–Crippen MR) is 75.8 cm³/mol. The summed E-state index contributed by atoms with van der Waals surface area (Å²) in [7, 11) is 0. The van der Waals surface area contributed by atoms with Crippen molar-refractivity contribution in [1.82, 2.24) is 0 Å². The Kier molecular flexibility index (Phi) is 4.42. The summed E-state index contributed by atoms with van der Waals surface area (Å²) in [6.45, 7) is 2.35. The molecule has 0 radical (unpaired) electrons. The molecule has 0 fully saturated rings. The molecule has 0 amide bonds. The number of para-hydroxylation sites is 2. The van der Waals surface area contributed by atoms with Crippen LogP contribution in [0.4, 0.5) is 0 Å². The normalized spacial score (nSPS) is 9.71. The van der Waals surface area contributed by atoms with Crippen molar-refractivity contribution in [2.45, 2.75) is 6.92 Å². The number of nitrogens with zero attached hydrogens (tertiary/aromatic N) is 1. The number of carboxylic acid groups (broad SMARTS) is 1. The number of aromatic carboxylic acids is 1. The molecule has 0 unspecified atom stereocenters. The summed E-state index contributed by atoms with van der Waals surface area (Å²) in [4.78, 5) is 10.9. The molecule has 2 aromatic rings. The van der Waals surface area contributed by atoms with Gasteiger partial charge in [0.05, 0.1) is 17.7 Å². The highest BCUT2D eigenvalue weighted by atomic mass is 16.5. The van der Waals surface area contributed by atoms with Gasteiger partial charge in [0.1, 0.15) is 11.8 Å². The van der Waals surface area contributed by atoms with Crippen LogP contribution in [0.15, 0.2) is 42.5 Å². The molecule has 5 nitrogen and oxygen atoms in total. The molecule has 5 heteroatoms. The summed E-state index contributed by atoms with van der Waals surface area (Å²) < 4.78 is 11.1. The average Bonchev–Trinajstić information content (AvgIpc) is 2.49. The van der Waals surface area contributed by atoms with Gasteiger partial charge in [0.15, 0.2) is 11.5 Å². The lowest BCUT2D eigenvalue weighted by Gasteiger charge is -2.12. The van der Waals surface area contributed by atoms with Crippen molar-refractivity contribution in [1.29, 1.82) is 5.26 Å². The van der Waals surface area contributed by atoms with E-state index in [1.165, 1.54) is 18.2 Å². The van der Waals surface area contributed by atoms with Crippen LogP contribution in [0.25, 0.3) is 0 Å². The first kappa shape index (κ1) is 14.4. The molecule has 0 aliphatic carbocycles. The second-order valence-corrected chi connectivity index (χ2v) is 4.11. The van der Waals surface area contributed by atoms with E-state index in [9.17, 15) is 4.79 Å². The standard InChI is InChI=1S/C16H13NO4/c1-2-20-14-5-3-4-6-15(14)21-13-8-7-11(16(18)19)9-12(13)10-17/h3-9H,2H2,1H3,(H,18,19). The third kappa shape index (κ3) is 3.31. The van der Waals surface area contributed by atoms with Gasteiger partial charge in [0.25, 0.3) is 0 Å². The van der Waals surface area contributed by atoms with Gasteiger partial charge >= 0.3 is 5.97 Å². The van der Waals surface area contributed by atoms with Gasteiger partial charge in [-0.3, -0.25) is 0 Å². The zero-order valence-corrected chi connectivity index (χ0v) is 11.4. The van der Waals surface area contributed by atoms with E-state index in [1.807, 2.05) is 19.1 Å². The number of nitriles is 1. The lowest BCUT2D eigenvalue weighted by Crippen LogP contribution is -1.99. The first-order valence-corrected chi connectivity index (χ1v) is 6.32. The maximum absolute atomic E-state index is 10.9. The van der Waals surface area contributed by atoms with Gasteiger partial charge in [-0.25, -0.2) is 4.79 Å². The van der Waals surface area contributed by atoms with Crippen molar-refractivity contribution in [3.8, 4) is 23.3 Å². The number of benzene rings is 2. The molecule has 0 aliphatic rings. The van der Waals surface area contributed by atoms with Gasteiger partial charge in [-0.1, -0.05) is 12.1 Å². The quantitative estimate of drug-likeness (QED) is 0.909. The zero-order valence-electron chi connectivity index (χ0n) is 11.4. The van der Waals surface area contributed by atoms with Crippen molar-refractivity contribution >= 4 is 5.97 Å². The molecule has 2 rings (SSSR count). The van der Waals surface area contributed by atoms with Crippen LogP contribution in [0.5, 0.6) is 17.2 Å². The van der Waals surface area contributed by atoms with Gasteiger partial charge in [-0.2, -0.15) is 5.26 Å². The number of carboxylic acids is 1. The SMILES string of the molecule is CCOc1ccccc1Oc1ccc(C(=O)O)cc1C#N. The summed E-state index contributed by atoms with van der Waals surface area (Å²) in [6, 6.07) is 13.1. The van der Waals surface area contributed by atoms with Crippen molar-refractivity contribution < 1.29 is 19.4 Å². The maximum Gasteiger partial charge on any atom is 0.335 e. The molecule has 1 N–H and O–H groups in total. The topological polar surface area (TPSA) is 79.6 Å². The van der Waals surface area contributed by atoms with Crippen LogP contribution in [0.2, 0.25) is 0 Å². The van der Waals surface area contributed by atoms with Crippen LogP contribution in [-0.2, 0) is 0 Å². The Morgan fingerprint density at radius 3 is 2.52 bits per heavy atom. The zero-order chi connectivity index (χ0) is 15.2. The fourth-order valence-corrected chi connectivity index (χ4v) is 1.77. The Morgan fingerprint density at radius 1 is 1.19 bits per heavy atom. The monoisotopic (exact) mass is 283 g/mol. The average molecular weight is 283 g/mol. The summed E-state index contributed by atoms with van der Waals surface area (Å²) >= 11 is 0. The van der Waals surface area contributed by atoms with E-state index < -0.39 is 5.97 Å². The minimum absolute atomic E-state index is 0.0389. The first-order chi connectivity index (χ1) is 10.2. The maximum atomic E-state index is 10.9. The summed E-state index contributed by atoms with van der Waals surface area (Å²) in [5, 5.41) is 18.1. The van der Waals surface area contributed by atoms with E-state index in [2.05, 4.69) is 0 Å². The van der Waals surface area contributed by atoms with E-state index in [0.29, 0.717) is 18.1 Å². The van der Waals surface area contributed by atoms with Gasteiger partial charge < -0.3 is 14.6 Å². The van der Waals surface area contributed by atoms with Crippen LogP contribution in [-0.4, -0.2) is 17.7 Å². The molecule has 0 heterocycles. The second-order valence-electron chi connectivity index (χ2n) is 4.11. The van der Waals surface area contributed by atoms with E-state index in [-0.39, 0.29) is 16.9 Å². The highest BCUT2D eigenvalue weighted by molar-refractivity contribution is 5.88. The molecule has 0 aromatic heterocycles. The predicted octanol–water partition coefficient (Wildman–Crippen LogP) is 3.45. The first-order valence-electron chi connectivity index (χ1n) is 6.32. The molecule has 0 spiro atoms. The van der Waals surface area contributed by atoms with Crippen molar-refractivity contribution in [3.63, 3.8) is 0 Å². The Bertz CT molecular complexity index is 704. The van der Waals surface area contributed by atoms with Crippen molar-refractivity contribution in [2.75, 3.05) is 6.61 Å². The third-order valence-corrected chi connectivity index (χ3v) is 2.72. The second kappa shape index (κ2) is 6.44. The lowest BCUT2D eigenvalue weighted by atomic mass is 10.1. The van der Waals surface area contributed by atoms with Crippen LogP contribution in [0, 0.1) is 11.3 Å². The van der Waals surface area contributed by atoms with Crippen LogP contribution < -0.4 is 9.47 Å². The van der Waals surface area contributed by atoms with Crippen molar-refractivity contribution in [2.24, 2.45) is 0 Å². The van der Waals surface area contributed by atoms with Crippen LogP contribution >= 0.6 is 0 Å². The minimum Gasteiger partial charge on any atom is -0.490 e. The van der Waals surface area contributed by atoms with E-state index >= 15 is 0 Å².